The highest BCUT2D eigenvalue weighted by Crippen LogP contribution is 2.29. The van der Waals surface area contributed by atoms with Crippen molar-refractivity contribution < 1.29 is 8.78 Å². The molecule has 0 aliphatic carbocycles. The number of rotatable bonds is 3. The molecule has 15 heavy (non-hydrogen) atoms. The van der Waals surface area contributed by atoms with E-state index in [1.165, 1.54) is 6.07 Å². The molecule has 86 valence electrons. The lowest BCUT2D eigenvalue weighted by Crippen LogP contribution is -2.14. The Morgan fingerprint density at radius 3 is 2.60 bits per heavy atom. The Morgan fingerprint density at radius 1 is 1.47 bits per heavy atom. The van der Waals surface area contributed by atoms with Crippen LogP contribution in [0.2, 0.25) is 5.02 Å². The molecule has 1 aromatic carbocycles. The lowest BCUT2D eigenvalue weighted by molar-refractivity contribution is 0.435. The predicted octanol–water partition coefficient (Wildman–Crippen LogP) is 3.57. The maximum absolute atomic E-state index is 13.3. The highest BCUT2D eigenvalue weighted by molar-refractivity contribution is 6.32. The molecule has 0 aromatic heterocycles. The monoisotopic (exact) mass is 255 g/mol. The Kier molecular flexibility index (Phi) is 6.10. The van der Waals surface area contributed by atoms with E-state index >= 15 is 0 Å². The predicted molar refractivity (Wildman–Crippen MR) is 60.9 cm³/mol. The van der Waals surface area contributed by atoms with Gasteiger partial charge in [-0.3, -0.25) is 4.39 Å². The van der Waals surface area contributed by atoms with Crippen LogP contribution in [0.1, 0.15) is 23.6 Å². The smallest absolute Gasteiger partial charge is 0.129 e. The number of aryl methyl sites for hydroxylation is 1. The van der Waals surface area contributed by atoms with Crippen LogP contribution in [0.5, 0.6) is 0 Å². The molecule has 1 rings (SSSR count). The van der Waals surface area contributed by atoms with Crippen LogP contribution >= 0.6 is 24.0 Å². The number of alkyl halides is 1. The molecule has 0 aliphatic rings. The fraction of sp³-hybridized carbons (Fsp3) is 0.400. The molecule has 0 bridgehead atoms. The molecule has 1 nitrogen and oxygen atoms in total. The van der Waals surface area contributed by atoms with Crippen molar-refractivity contribution in [2.75, 3.05) is 6.67 Å². The Labute approximate surface area is 99.0 Å². The van der Waals surface area contributed by atoms with Crippen LogP contribution in [-0.2, 0) is 0 Å². The Balaban J connectivity index is 0.00000196. The summed E-state index contributed by atoms with van der Waals surface area (Å²) >= 11 is 5.89. The van der Waals surface area contributed by atoms with E-state index in [1.807, 2.05) is 0 Å². The van der Waals surface area contributed by atoms with E-state index in [1.54, 1.807) is 13.0 Å². The van der Waals surface area contributed by atoms with Gasteiger partial charge in [-0.25, -0.2) is 4.39 Å². The maximum Gasteiger partial charge on any atom is 0.129 e. The van der Waals surface area contributed by atoms with Crippen LogP contribution in [0.4, 0.5) is 8.78 Å². The molecule has 1 atom stereocenters. The van der Waals surface area contributed by atoms with Crippen molar-refractivity contribution in [3.8, 4) is 0 Å². The second-order valence-electron chi connectivity index (χ2n) is 3.18. The zero-order valence-electron chi connectivity index (χ0n) is 8.27. The summed E-state index contributed by atoms with van der Waals surface area (Å²) in [5, 5.41) is 0.297. The van der Waals surface area contributed by atoms with Crippen LogP contribution in [0, 0.1) is 12.7 Å². The molecule has 0 fully saturated rings. The van der Waals surface area contributed by atoms with Gasteiger partial charge in [0.25, 0.3) is 0 Å². The summed E-state index contributed by atoms with van der Waals surface area (Å²) in [5.41, 5.74) is 6.57. The van der Waals surface area contributed by atoms with Crippen molar-refractivity contribution in [1.29, 1.82) is 0 Å². The van der Waals surface area contributed by atoms with Gasteiger partial charge in [-0.15, -0.1) is 12.4 Å². The SMILES string of the molecule is Cc1ccc(F)c([C@@H](N)CCF)c1Cl.Cl. The van der Waals surface area contributed by atoms with Gasteiger partial charge in [0, 0.05) is 11.6 Å². The molecule has 0 saturated heterocycles. The number of hydrogen-bond acceptors (Lipinski definition) is 1. The van der Waals surface area contributed by atoms with Crippen molar-refractivity contribution in [3.05, 3.63) is 34.1 Å². The summed E-state index contributed by atoms with van der Waals surface area (Å²) in [6, 6.07) is 2.20. The van der Waals surface area contributed by atoms with E-state index in [-0.39, 0.29) is 24.4 Å². The molecule has 0 amide bonds. The summed E-state index contributed by atoms with van der Waals surface area (Å²) in [6.45, 7) is 1.18. The lowest BCUT2D eigenvalue weighted by Gasteiger charge is -2.14. The van der Waals surface area contributed by atoms with E-state index in [0.717, 1.165) is 5.56 Å². The summed E-state index contributed by atoms with van der Waals surface area (Å²) in [7, 11) is 0. The van der Waals surface area contributed by atoms with Gasteiger partial charge in [0.1, 0.15) is 5.82 Å². The summed E-state index contributed by atoms with van der Waals surface area (Å²) in [6.07, 6.45) is 0.0834. The largest absolute Gasteiger partial charge is 0.324 e. The fourth-order valence-electron chi connectivity index (χ4n) is 1.28. The Morgan fingerprint density at radius 2 is 2.07 bits per heavy atom. The fourth-order valence-corrected chi connectivity index (χ4v) is 1.57. The van der Waals surface area contributed by atoms with E-state index in [4.69, 9.17) is 17.3 Å². The molecule has 0 saturated carbocycles. The van der Waals surface area contributed by atoms with Crippen LogP contribution in [0.3, 0.4) is 0 Å². The lowest BCUT2D eigenvalue weighted by atomic mass is 10.0. The zero-order valence-corrected chi connectivity index (χ0v) is 9.84. The average Bonchev–Trinajstić information content (AvgIpc) is 2.13. The van der Waals surface area contributed by atoms with Gasteiger partial charge in [0.15, 0.2) is 0 Å². The molecule has 0 spiro atoms. The highest BCUT2D eigenvalue weighted by Gasteiger charge is 2.16. The van der Waals surface area contributed by atoms with Crippen molar-refractivity contribution in [2.45, 2.75) is 19.4 Å². The molecular formula is C10H13Cl2F2N. The molecular weight excluding hydrogens is 243 g/mol. The first-order valence-corrected chi connectivity index (χ1v) is 4.71. The first-order chi connectivity index (χ1) is 6.57. The molecule has 2 N–H and O–H groups in total. The Hall–Kier alpha value is -0.380. The third kappa shape index (κ3) is 3.30. The molecule has 5 heteroatoms. The molecule has 0 unspecified atom stereocenters. The normalized spacial score (nSPS) is 12.1. The quantitative estimate of drug-likeness (QED) is 0.878. The number of benzene rings is 1. The van der Waals surface area contributed by atoms with E-state index in [0.29, 0.717) is 5.02 Å². The number of hydrogen-bond donors (Lipinski definition) is 1. The molecule has 0 aliphatic heterocycles. The maximum atomic E-state index is 13.3. The van der Waals surface area contributed by atoms with E-state index in [2.05, 4.69) is 0 Å². The summed E-state index contributed by atoms with van der Waals surface area (Å²) in [4.78, 5) is 0. The third-order valence-electron chi connectivity index (χ3n) is 2.11. The van der Waals surface area contributed by atoms with Gasteiger partial charge in [0.2, 0.25) is 0 Å². The Bertz CT molecular complexity index is 331. The van der Waals surface area contributed by atoms with Gasteiger partial charge in [0.05, 0.1) is 11.7 Å². The molecule has 1 aromatic rings. The van der Waals surface area contributed by atoms with Gasteiger partial charge in [-0.1, -0.05) is 17.7 Å². The third-order valence-corrected chi connectivity index (χ3v) is 2.61. The van der Waals surface area contributed by atoms with Crippen molar-refractivity contribution >= 4 is 24.0 Å². The second kappa shape index (κ2) is 6.26. The van der Waals surface area contributed by atoms with Crippen molar-refractivity contribution in [3.63, 3.8) is 0 Å². The summed E-state index contributed by atoms with van der Waals surface area (Å²) < 4.78 is 25.4. The first kappa shape index (κ1) is 14.6. The number of nitrogens with two attached hydrogens (primary N) is 1. The standard InChI is InChI=1S/C10H12ClF2N.ClH/c1-6-2-3-7(13)9(10(6)11)8(14)4-5-12;/h2-3,8H,4-5,14H2,1H3;1H/t8-;/m0./s1. The molecule has 0 heterocycles. The minimum Gasteiger partial charge on any atom is -0.324 e. The molecule has 0 radical (unpaired) electrons. The van der Waals surface area contributed by atoms with Crippen LogP contribution in [-0.4, -0.2) is 6.67 Å². The van der Waals surface area contributed by atoms with Crippen molar-refractivity contribution in [1.82, 2.24) is 0 Å². The minimum atomic E-state index is -0.674. The second-order valence-corrected chi connectivity index (χ2v) is 3.55. The van der Waals surface area contributed by atoms with Gasteiger partial charge in [-0.2, -0.15) is 0 Å². The zero-order chi connectivity index (χ0) is 10.7. The minimum absolute atomic E-state index is 0. The van der Waals surface area contributed by atoms with Crippen LogP contribution < -0.4 is 5.73 Å². The van der Waals surface area contributed by atoms with Crippen LogP contribution in [0.15, 0.2) is 12.1 Å². The number of halogens is 4. The highest BCUT2D eigenvalue weighted by atomic mass is 35.5. The van der Waals surface area contributed by atoms with Crippen LogP contribution in [0.25, 0.3) is 0 Å². The van der Waals surface area contributed by atoms with Crippen molar-refractivity contribution in [2.24, 2.45) is 5.73 Å². The van der Waals surface area contributed by atoms with E-state index < -0.39 is 18.5 Å². The van der Waals surface area contributed by atoms with Gasteiger partial charge >= 0.3 is 0 Å². The first-order valence-electron chi connectivity index (χ1n) is 4.34. The summed E-state index contributed by atoms with van der Waals surface area (Å²) in [5.74, 6) is -0.471. The van der Waals surface area contributed by atoms with E-state index in [9.17, 15) is 8.78 Å². The topological polar surface area (TPSA) is 26.0 Å². The van der Waals surface area contributed by atoms with Gasteiger partial charge < -0.3 is 5.73 Å². The van der Waals surface area contributed by atoms with Gasteiger partial charge in [-0.05, 0) is 25.0 Å². The average molecular weight is 256 g/mol.